The molecular formula is C12H15N3O. The number of rotatable bonds is 2. The first-order valence-corrected chi connectivity index (χ1v) is 5.74. The van der Waals surface area contributed by atoms with Crippen LogP contribution in [0.2, 0.25) is 0 Å². The van der Waals surface area contributed by atoms with Gasteiger partial charge in [-0.25, -0.2) is 0 Å². The lowest BCUT2D eigenvalue weighted by atomic mass is 10.1. The van der Waals surface area contributed by atoms with Crippen LogP contribution in [0.25, 0.3) is 5.65 Å². The maximum atomic E-state index is 11.2. The van der Waals surface area contributed by atoms with Gasteiger partial charge in [-0.3, -0.25) is 4.79 Å². The van der Waals surface area contributed by atoms with Gasteiger partial charge in [0.25, 0.3) is 0 Å². The summed E-state index contributed by atoms with van der Waals surface area (Å²) >= 11 is 0. The third kappa shape index (κ3) is 1.76. The van der Waals surface area contributed by atoms with Gasteiger partial charge in [0, 0.05) is 42.7 Å². The number of nitrogens with one attached hydrogen (secondary N) is 2. The lowest BCUT2D eigenvalue weighted by molar-refractivity contribution is 0.597. The minimum Gasteiger partial charge on any atom is -0.343 e. The molecule has 2 N–H and O–H groups in total. The van der Waals surface area contributed by atoms with Crippen molar-refractivity contribution in [1.82, 2.24) is 14.7 Å². The van der Waals surface area contributed by atoms with Crippen LogP contribution in [0.1, 0.15) is 18.5 Å². The fraction of sp³-hybridized carbons (Fsp3) is 0.417. The Hall–Kier alpha value is -1.55. The lowest BCUT2D eigenvalue weighted by Crippen LogP contribution is -2.23. The zero-order chi connectivity index (χ0) is 11.0. The Kier molecular flexibility index (Phi) is 2.29. The lowest BCUT2D eigenvalue weighted by Gasteiger charge is -2.06. The van der Waals surface area contributed by atoms with Gasteiger partial charge in [-0.1, -0.05) is 0 Å². The number of imidazole rings is 1. The summed E-state index contributed by atoms with van der Waals surface area (Å²) in [6.07, 6.45) is 7.39. The van der Waals surface area contributed by atoms with Gasteiger partial charge in [0.15, 0.2) is 5.43 Å². The van der Waals surface area contributed by atoms with E-state index in [-0.39, 0.29) is 5.43 Å². The number of hydrogen-bond donors (Lipinski definition) is 2. The molecule has 1 aliphatic heterocycles. The average molecular weight is 217 g/mol. The van der Waals surface area contributed by atoms with Crippen LogP contribution in [-0.4, -0.2) is 22.0 Å². The Balaban J connectivity index is 1.89. The Morgan fingerprint density at radius 1 is 1.50 bits per heavy atom. The fourth-order valence-electron chi connectivity index (χ4n) is 2.37. The second-order valence-electron chi connectivity index (χ2n) is 4.43. The summed E-state index contributed by atoms with van der Waals surface area (Å²) in [5, 5.41) is 3.47. The molecule has 2 aromatic rings. The summed E-state index contributed by atoms with van der Waals surface area (Å²) in [4.78, 5) is 14.5. The van der Waals surface area contributed by atoms with Gasteiger partial charge in [-0.15, -0.1) is 0 Å². The molecule has 0 aliphatic carbocycles. The van der Waals surface area contributed by atoms with Crippen LogP contribution in [0, 0.1) is 0 Å². The largest absolute Gasteiger partial charge is 0.343 e. The van der Waals surface area contributed by atoms with Gasteiger partial charge in [0.2, 0.25) is 0 Å². The van der Waals surface area contributed by atoms with Gasteiger partial charge in [-0.05, 0) is 19.4 Å². The van der Waals surface area contributed by atoms with Crippen molar-refractivity contribution in [3.8, 4) is 0 Å². The number of H-pyrrole nitrogens is 1. The first-order chi connectivity index (χ1) is 7.81. The van der Waals surface area contributed by atoms with Crippen molar-refractivity contribution < 1.29 is 0 Å². The number of nitrogens with zero attached hydrogens (tertiary/aromatic N) is 1. The summed E-state index contributed by atoms with van der Waals surface area (Å²) in [5.74, 6) is 0. The van der Waals surface area contributed by atoms with E-state index < -0.39 is 0 Å². The van der Waals surface area contributed by atoms with Crippen molar-refractivity contribution in [2.75, 3.05) is 6.54 Å². The molecule has 84 valence electrons. The van der Waals surface area contributed by atoms with E-state index in [1.165, 1.54) is 18.5 Å². The molecule has 1 saturated heterocycles. The third-order valence-corrected chi connectivity index (χ3v) is 3.17. The highest BCUT2D eigenvalue weighted by Gasteiger charge is 2.15. The molecule has 3 rings (SSSR count). The van der Waals surface area contributed by atoms with Crippen LogP contribution < -0.4 is 10.7 Å². The number of pyridine rings is 1. The number of hydrogen-bond acceptors (Lipinski definition) is 2. The zero-order valence-electron chi connectivity index (χ0n) is 9.07. The van der Waals surface area contributed by atoms with Crippen LogP contribution in [-0.2, 0) is 6.42 Å². The van der Waals surface area contributed by atoms with Crippen molar-refractivity contribution in [3.63, 3.8) is 0 Å². The number of fused-ring (bicyclic) bond motifs is 1. The van der Waals surface area contributed by atoms with Crippen LogP contribution in [0.3, 0.4) is 0 Å². The Morgan fingerprint density at radius 2 is 2.44 bits per heavy atom. The molecular weight excluding hydrogens is 202 g/mol. The van der Waals surface area contributed by atoms with E-state index in [1.807, 2.05) is 4.40 Å². The molecule has 1 aliphatic rings. The summed E-state index contributed by atoms with van der Waals surface area (Å²) in [6, 6.07) is 3.80. The monoisotopic (exact) mass is 217 g/mol. The summed E-state index contributed by atoms with van der Waals surface area (Å²) < 4.78 is 1.96. The molecule has 2 aromatic heterocycles. The molecule has 4 heteroatoms. The summed E-state index contributed by atoms with van der Waals surface area (Å²) in [5.41, 5.74) is 2.11. The predicted octanol–water partition coefficient (Wildman–Crippen LogP) is 0.922. The van der Waals surface area contributed by atoms with E-state index in [1.54, 1.807) is 18.3 Å². The van der Waals surface area contributed by atoms with Crippen molar-refractivity contribution >= 4 is 5.65 Å². The molecule has 0 saturated carbocycles. The van der Waals surface area contributed by atoms with E-state index in [2.05, 4.69) is 16.5 Å². The molecule has 1 fully saturated rings. The van der Waals surface area contributed by atoms with E-state index in [0.717, 1.165) is 18.6 Å². The second-order valence-corrected chi connectivity index (χ2v) is 4.43. The SMILES string of the molecule is O=c1ccn2cc(CC3CCCN3)[nH]c2c1. The molecule has 0 spiro atoms. The van der Waals surface area contributed by atoms with Gasteiger partial charge in [0.1, 0.15) is 5.65 Å². The van der Waals surface area contributed by atoms with Crippen LogP contribution >= 0.6 is 0 Å². The predicted molar refractivity (Wildman–Crippen MR) is 62.7 cm³/mol. The normalized spacial score (nSPS) is 20.6. The Morgan fingerprint density at radius 3 is 3.25 bits per heavy atom. The Bertz CT molecular complexity index is 549. The van der Waals surface area contributed by atoms with Crippen LogP contribution in [0.5, 0.6) is 0 Å². The van der Waals surface area contributed by atoms with Gasteiger partial charge in [0.05, 0.1) is 0 Å². The summed E-state index contributed by atoms with van der Waals surface area (Å²) in [7, 11) is 0. The number of aromatic nitrogens is 2. The minimum absolute atomic E-state index is 0.0485. The fourth-order valence-corrected chi connectivity index (χ4v) is 2.37. The van der Waals surface area contributed by atoms with E-state index >= 15 is 0 Å². The van der Waals surface area contributed by atoms with Gasteiger partial charge >= 0.3 is 0 Å². The van der Waals surface area contributed by atoms with Crippen molar-refractivity contribution in [3.05, 3.63) is 40.4 Å². The maximum absolute atomic E-state index is 11.2. The molecule has 0 radical (unpaired) electrons. The molecule has 0 amide bonds. The van der Waals surface area contributed by atoms with Crippen molar-refractivity contribution in [2.45, 2.75) is 25.3 Å². The highest BCUT2D eigenvalue weighted by Crippen LogP contribution is 2.11. The smallest absolute Gasteiger partial charge is 0.183 e. The topological polar surface area (TPSA) is 49.3 Å². The molecule has 4 nitrogen and oxygen atoms in total. The van der Waals surface area contributed by atoms with Crippen molar-refractivity contribution in [1.29, 1.82) is 0 Å². The van der Waals surface area contributed by atoms with Crippen LogP contribution in [0.4, 0.5) is 0 Å². The first-order valence-electron chi connectivity index (χ1n) is 5.74. The maximum Gasteiger partial charge on any atom is 0.183 e. The standard InChI is InChI=1S/C12H15N3O/c16-11-3-5-15-8-10(14-12(15)7-11)6-9-2-1-4-13-9/h3,5,7-9,13-14H,1-2,4,6H2. The average Bonchev–Trinajstić information content (AvgIpc) is 2.86. The Labute approximate surface area is 93.3 Å². The quantitative estimate of drug-likeness (QED) is 0.786. The van der Waals surface area contributed by atoms with Crippen molar-refractivity contribution in [2.24, 2.45) is 0 Å². The molecule has 0 bridgehead atoms. The van der Waals surface area contributed by atoms with Gasteiger partial charge < -0.3 is 14.7 Å². The molecule has 16 heavy (non-hydrogen) atoms. The van der Waals surface area contributed by atoms with Gasteiger partial charge in [-0.2, -0.15) is 0 Å². The molecule has 3 heterocycles. The minimum atomic E-state index is 0.0485. The van der Waals surface area contributed by atoms with E-state index in [9.17, 15) is 4.79 Å². The number of aromatic amines is 1. The first kappa shape index (κ1) is 9.66. The second kappa shape index (κ2) is 3.79. The highest BCUT2D eigenvalue weighted by molar-refractivity contribution is 5.39. The summed E-state index contributed by atoms with van der Waals surface area (Å²) in [6.45, 7) is 1.13. The molecule has 1 unspecified atom stereocenters. The zero-order valence-corrected chi connectivity index (χ0v) is 9.07. The molecule has 1 atom stereocenters. The van der Waals surface area contributed by atoms with E-state index in [4.69, 9.17) is 0 Å². The highest BCUT2D eigenvalue weighted by atomic mass is 16.1. The van der Waals surface area contributed by atoms with E-state index in [0.29, 0.717) is 6.04 Å². The van der Waals surface area contributed by atoms with Crippen LogP contribution in [0.15, 0.2) is 29.3 Å². The molecule has 0 aromatic carbocycles. The third-order valence-electron chi connectivity index (χ3n) is 3.17.